The van der Waals surface area contributed by atoms with Crippen LogP contribution in [0.15, 0.2) is 42.7 Å². The van der Waals surface area contributed by atoms with Crippen molar-refractivity contribution in [2.45, 2.75) is 20.8 Å². The van der Waals surface area contributed by atoms with Gasteiger partial charge in [-0.15, -0.1) is 0 Å². The van der Waals surface area contributed by atoms with Gasteiger partial charge in [-0.25, -0.2) is 19.6 Å². The van der Waals surface area contributed by atoms with Crippen molar-refractivity contribution in [1.29, 1.82) is 0 Å². The molecule has 1 aliphatic heterocycles. The molecule has 1 fully saturated rings. The van der Waals surface area contributed by atoms with Gasteiger partial charge >= 0.3 is 0 Å². The second kappa shape index (κ2) is 8.44. The number of rotatable bonds is 3. The van der Waals surface area contributed by atoms with Gasteiger partial charge in [-0.1, -0.05) is 17.7 Å². The highest BCUT2D eigenvalue weighted by Crippen LogP contribution is 2.29. The summed E-state index contributed by atoms with van der Waals surface area (Å²) in [6.45, 7) is 8.33. The fraction of sp³-hybridized carbons (Fsp3) is 0.292. The average molecular weight is 462 g/mol. The van der Waals surface area contributed by atoms with Crippen LogP contribution in [0.2, 0.25) is 5.02 Å². The molecule has 4 heterocycles. The molecule has 0 bridgehead atoms. The highest BCUT2D eigenvalue weighted by molar-refractivity contribution is 6.31. The number of anilines is 1. The lowest BCUT2D eigenvalue weighted by Gasteiger charge is -2.34. The largest absolute Gasteiger partial charge is 0.337 e. The van der Waals surface area contributed by atoms with Gasteiger partial charge in [0.05, 0.1) is 22.3 Å². The van der Waals surface area contributed by atoms with Crippen molar-refractivity contribution in [2.75, 3.05) is 31.1 Å². The molecule has 1 amide bonds. The van der Waals surface area contributed by atoms with E-state index < -0.39 is 0 Å². The van der Waals surface area contributed by atoms with Crippen molar-refractivity contribution in [1.82, 2.24) is 29.6 Å². The van der Waals surface area contributed by atoms with Crippen molar-refractivity contribution in [2.24, 2.45) is 0 Å². The number of aryl methyl sites for hydroxylation is 2. The maximum atomic E-state index is 13.6. The maximum Gasteiger partial charge on any atom is 0.254 e. The average Bonchev–Trinajstić information content (AvgIpc) is 3.16. The Morgan fingerprint density at radius 2 is 1.73 bits per heavy atom. The molecule has 8 nitrogen and oxygen atoms in total. The number of nitrogens with zero attached hydrogens (tertiary/aromatic N) is 7. The molecule has 0 spiro atoms. The topological polar surface area (TPSA) is 80.0 Å². The Bertz CT molecular complexity index is 1340. The molecule has 0 unspecified atom stereocenters. The summed E-state index contributed by atoms with van der Waals surface area (Å²) in [4.78, 5) is 31.0. The van der Waals surface area contributed by atoms with Crippen LogP contribution in [0.25, 0.3) is 16.7 Å². The van der Waals surface area contributed by atoms with E-state index >= 15 is 0 Å². The summed E-state index contributed by atoms with van der Waals surface area (Å²) in [5.74, 6) is 0.686. The number of hydrogen-bond donors (Lipinski definition) is 0. The normalized spacial score (nSPS) is 14.2. The third-order valence-electron chi connectivity index (χ3n) is 6.04. The van der Waals surface area contributed by atoms with E-state index in [1.165, 1.54) is 0 Å². The zero-order valence-electron chi connectivity index (χ0n) is 18.8. The Labute approximate surface area is 196 Å². The molecule has 0 aliphatic carbocycles. The first-order valence-corrected chi connectivity index (χ1v) is 11.3. The summed E-state index contributed by atoms with van der Waals surface area (Å²) in [6.07, 6.45) is 3.47. The molecule has 1 aliphatic rings. The predicted molar refractivity (Wildman–Crippen MR) is 128 cm³/mol. The lowest BCUT2D eigenvalue weighted by molar-refractivity contribution is 0.0748. The van der Waals surface area contributed by atoms with Crippen molar-refractivity contribution in [3.8, 4) is 5.69 Å². The van der Waals surface area contributed by atoms with E-state index in [2.05, 4.69) is 14.9 Å². The van der Waals surface area contributed by atoms with Crippen molar-refractivity contribution < 1.29 is 4.79 Å². The van der Waals surface area contributed by atoms with E-state index in [1.807, 2.05) is 49.9 Å². The van der Waals surface area contributed by atoms with Crippen LogP contribution < -0.4 is 4.90 Å². The van der Waals surface area contributed by atoms with E-state index in [-0.39, 0.29) is 5.91 Å². The number of hydrogen-bond acceptors (Lipinski definition) is 6. The lowest BCUT2D eigenvalue weighted by atomic mass is 10.1. The Kier molecular flexibility index (Phi) is 5.46. The quantitative estimate of drug-likeness (QED) is 0.462. The van der Waals surface area contributed by atoms with E-state index in [0.717, 1.165) is 28.0 Å². The standard InChI is InChI=1S/C24H24ClN7O/c1-15-14-18(23(33)30-10-12-31(13-11-30)24-26-8-5-9-27-24)21-17(3)29-32(22(21)28-15)20-7-4-6-19(25)16(20)2/h4-9,14H,10-13H2,1-3H3. The Morgan fingerprint density at radius 3 is 2.45 bits per heavy atom. The van der Waals surface area contributed by atoms with Crippen molar-refractivity contribution in [3.05, 3.63) is 70.3 Å². The van der Waals surface area contributed by atoms with Crippen molar-refractivity contribution in [3.63, 3.8) is 0 Å². The maximum absolute atomic E-state index is 13.6. The smallest absolute Gasteiger partial charge is 0.254 e. The summed E-state index contributed by atoms with van der Waals surface area (Å²) in [7, 11) is 0. The molecule has 4 aromatic rings. The molecule has 5 rings (SSSR count). The molecule has 33 heavy (non-hydrogen) atoms. The molecule has 3 aromatic heterocycles. The molecule has 0 radical (unpaired) electrons. The van der Waals surface area contributed by atoms with Gasteiger partial charge in [-0.2, -0.15) is 5.10 Å². The second-order valence-corrected chi connectivity index (χ2v) is 8.63. The third kappa shape index (κ3) is 3.80. The number of fused-ring (bicyclic) bond motifs is 1. The first-order chi connectivity index (χ1) is 15.9. The molecule has 0 atom stereocenters. The Hall–Kier alpha value is -3.52. The number of amides is 1. The van der Waals surface area contributed by atoms with Crippen LogP contribution in [-0.4, -0.2) is 61.7 Å². The minimum atomic E-state index is -0.00963. The minimum Gasteiger partial charge on any atom is -0.337 e. The van der Waals surface area contributed by atoms with Gasteiger partial charge in [-0.3, -0.25) is 4.79 Å². The fourth-order valence-electron chi connectivity index (χ4n) is 4.31. The van der Waals surface area contributed by atoms with Gasteiger partial charge < -0.3 is 9.80 Å². The van der Waals surface area contributed by atoms with Gasteiger partial charge in [0.2, 0.25) is 5.95 Å². The van der Waals surface area contributed by atoms with Gasteiger partial charge in [0, 0.05) is 49.3 Å². The molecular formula is C24H24ClN7O. The van der Waals surface area contributed by atoms with E-state index in [4.69, 9.17) is 21.7 Å². The first-order valence-electron chi connectivity index (χ1n) is 10.9. The molecule has 1 aromatic carbocycles. The van der Waals surface area contributed by atoms with Crippen LogP contribution in [0.5, 0.6) is 0 Å². The molecule has 9 heteroatoms. The predicted octanol–water partition coefficient (Wildman–Crippen LogP) is 3.75. The van der Waals surface area contributed by atoms with Crippen LogP contribution in [0.4, 0.5) is 5.95 Å². The number of carbonyl (C=O) groups excluding carboxylic acids is 1. The molecule has 0 N–H and O–H groups in total. The Morgan fingerprint density at radius 1 is 1.00 bits per heavy atom. The van der Waals surface area contributed by atoms with Gasteiger partial charge in [0.1, 0.15) is 0 Å². The van der Waals surface area contributed by atoms with Gasteiger partial charge in [-0.05, 0) is 50.6 Å². The second-order valence-electron chi connectivity index (χ2n) is 8.22. The zero-order chi connectivity index (χ0) is 23.1. The van der Waals surface area contributed by atoms with Crippen LogP contribution >= 0.6 is 11.6 Å². The van der Waals surface area contributed by atoms with E-state index in [1.54, 1.807) is 23.1 Å². The lowest BCUT2D eigenvalue weighted by Crippen LogP contribution is -2.49. The number of halogens is 1. The minimum absolute atomic E-state index is 0.00963. The highest BCUT2D eigenvalue weighted by atomic mass is 35.5. The summed E-state index contributed by atoms with van der Waals surface area (Å²) in [6, 6.07) is 9.37. The van der Waals surface area contributed by atoms with Gasteiger partial charge in [0.25, 0.3) is 5.91 Å². The van der Waals surface area contributed by atoms with Crippen LogP contribution in [0.1, 0.15) is 27.3 Å². The van der Waals surface area contributed by atoms with Crippen LogP contribution in [-0.2, 0) is 0 Å². The van der Waals surface area contributed by atoms with Crippen LogP contribution in [0, 0.1) is 20.8 Å². The summed E-state index contributed by atoms with van der Waals surface area (Å²) in [5, 5.41) is 6.18. The molecule has 0 saturated carbocycles. The third-order valence-corrected chi connectivity index (χ3v) is 6.45. The molecular weight excluding hydrogens is 438 g/mol. The van der Waals surface area contributed by atoms with E-state index in [0.29, 0.717) is 48.4 Å². The number of pyridine rings is 1. The monoisotopic (exact) mass is 461 g/mol. The fourth-order valence-corrected chi connectivity index (χ4v) is 4.48. The summed E-state index contributed by atoms with van der Waals surface area (Å²) in [5.41, 5.74) is 4.59. The summed E-state index contributed by atoms with van der Waals surface area (Å²) < 4.78 is 1.79. The summed E-state index contributed by atoms with van der Waals surface area (Å²) >= 11 is 6.36. The SMILES string of the molecule is Cc1cc(C(=O)N2CCN(c3ncccn3)CC2)c2c(C)nn(-c3cccc(Cl)c3C)c2n1. The van der Waals surface area contributed by atoms with Crippen molar-refractivity contribution >= 4 is 34.5 Å². The van der Waals surface area contributed by atoms with E-state index in [9.17, 15) is 4.79 Å². The molecule has 1 saturated heterocycles. The number of benzene rings is 1. The molecule has 168 valence electrons. The number of carbonyl (C=O) groups is 1. The Balaban J connectivity index is 1.50. The zero-order valence-corrected chi connectivity index (χ0v) is 19.5. The van der Waals surface area contributed by atoms with Gasteiger partial charge in [0.15, 0.2) is 5.65 Å². The number of piperazine rings is 1. The highest BCUT2D eigenvalue weighted by Gasteiger charge is 2.27. The number of aromatic nitrogens is 5. The first kappa shape index (κ1) is 21.3. The van der Waals surface area contributed by atoms with Crippen LogP contribution in [0.3, 0.4) is 0 Å².